The Morgan fingerprint density at radius 3 is 2.79 bits per heavy atom. The smallest absolute Gasteiger partial charge is 0.151 e. The zero-order valence-corrected chi connectivity index (χ0v) is 9.38. The van der Waals surface area contributed by atoms with E-state index in [4.69, 9.17) is 5.73 Å². The van der Waals surface area contributed by atoms with E-state index in [1.54, 1.807) is 12.5 Å². The fraction of sp³-hybridized carbons (Fsp3) is 0.333. The van der Waals surface area contributed by atoms with Crippen LogP contribution in [0.2, 0.25) is 0 Å². The van der Waals surface area contributed by atoms with Gasteiger partial charge >= 0.3 is 0 Å². The minimum absolute atomic E-state index is 0.376. The molecule has 0 saturated carbocycles. The van der Waals surface area contributed by atoms with Gasteiger partial charge < -0.3 is 10.3 Å². The summed E-state index contributed by atoms with van der Waals surface area (Å²) in [4.78, 5) is 8.32. The predicted molar refractivity (Wildman–Crippen MR) is 61.7 cm³/mol. The van der Waals surface area contributed by atoms with Gasteiger partial charge in [0.25, 0.3) is 0 Å². The van der Waals surface area contributed by atoms with Crippen LogP contribution >= 0.6 is 9.24 Å². The van der Waals surface area contributed by atoms with Crippen molar-refractivity contribution in [3.8, 4) is 0 Å². The Hall–Kier alpha value is -1.15. The highest BCUT2D eigenvalue weighted by Crippen LogP contribution is 2.20. The van der Waals surface area contributed by atoms with Gasteiger partial charge in [0.15, 0.2) is 5.82 Å². The number of pyridine rings is 1. The number of hydrogen-bond donors (Lipinski definition) is 1. The first-order valence-electron chi connectivity index (χ1n) is 4.47. The molecule has 2 aromatic heterocycles. The number of rotatable bonds is 1. The predicted octanol–water partition coefficient (Wildman–Crippen LogP) is 1.09. The lowest BCUT2D eigenvalue weighted by Gasteiger charge is -2.09. The van der Waals surface area contributed by atoms with E-state index < -0.39 is 0 Å². The van der Waals surface area contributed by atoms with Gasteiger partial charge in [0.2, 0.25) is 0 Å². The topological polar surface area (TPSA) is 56.7 Å². The second-order valence-corrected chi connectivity index (χ2v) is 4.16. The Kier molecular flexibility index (Phi) is 2.16. The summed E-state index contributed by atoms with van der Waals surface area (Å²) < 4.78 is 2.09. The number of nitrogens with zero attached hydrogens (tertiary/aromatic N) is 3. The first-order valence-corrected chi connectivity index (χ1v) is 5.05. The first kappa shape index (κ1) is 9.41. The molecule has 0 aromatic carbocycles. The highest BCUT2D eigenvalue weighted by atomic mass is 31.0. The largest absolute Gasteiger partial charge is 0.382 e. The lowest BCUT2D eigenvalue weighted by atomic mass is 10.3. The summed E-state index contributed by atoms with van der Waals surface area (Å²) in [5.41, 5.74) is 7.58. The molecule has 2 aromatic rings. The van der Waals surface area contributed by atoms with E-state index in [1.165, 1.54) is 0 Å². The molecule has 0 radical (unpaired) electrons. The summed E-state index contributed by atoms with van der Waals surface area (Å²) in [5.74, 6) is 0.491. The van der Waals surface area contributed by atoms with Crippen molar-refractivity contribution in [1.82, 2.24) is 14.5 Å². The molecule has 0 fully saturated rings. The lowest BCUT2D eigenvalue weighted by Crippen LogP contribution is -2.07. The minimum Gasteiger partial charge on any atom is -0.382 e. The van der Waals surface area contributed by atoms with Gasteiger partial charge in [0.1, 0.15) is 5.52 Å². The van der Waals surface area contributed by atoms with Gasteiger partial charge in [-0.25, -0.2) is 9.97 Å². The van der Waals surface area contributed by atoms with Gasteiger partial charge in [-0.15, -0.1) is 9.24 Å². The van der Waals surface area contributed by atoms with Crippen LogP contribution in [0.3, 0.4) is 0 Å². The van der Waals surface area contributed by atoms with E-state index in [0.717, 1.165) is 16.3 Å². The number of hydrogen-bond acceptors (Lipinski definition) is 3. The van der Waals surface area contributed by atoms with Crippen LogP contribution in [0, 0.1) is 0 Å². The van der Waals surface area contributed by atoms with Crippen LogP contribution in [0.25, 0.3) is 11.0 Å². The maximum absolute atomic E-state index is 5.74. The normalized spacial score (nSPS) is 11.4. The van der Waals surface area contributed by atoms with Crippen molar-refractivity contribution in [3.05, 3.63) is 12.5 Å². The van der Waals surface area contributed by atoms with Gasteiger partial charge in [-0.3, -0.25) is 0 Å². The zero-order valence-electron chi connectivity index (χ0n) is 8.23. The number of imidazole rings is 1. The van der Waals surface area contributed by atoms with Crippen molar-refractivity contribution >= 4 is 31.4 Å². The first-order chi connectivity index (χ1) is 6.61. The maximum atomic E-state index is 5.74. The van der Waals surface area contributed by atoms with Crippen molar-refractivity contribution < 1.29 is 0 Å². The molecule has 0 bridgehead atoms. The summed E-state index contributed by atoms with van der Waals surface area (Å²) >= 11 is 0. The Bertz CT molecular complexity index is 475. The van der Waals surface area contributed by atoms with E-state index >= 15 is 0 Å². The van der Waals surface area contributed by atoms with E-state index in [1.807, 2.05) is 0 Å². The molecular formula is C9H13N4P. The minimum atomic E-state index is 0.376. The van der Waals surface area contributed by atoms with Crippen molar-refractivity contribution in [1.29, 1.82) is 0 Å². The van der Waals surface area contributed by atoms with Gasteiger partial charge in [0.05, 0.1) is 11.8 Å². The molecule has 1 unspecified atom stereocenters. The van der Waals surface area contributed by atoms with E-state index in [2.05, 4.69) is 37.6 Å². The summed E-state index contributed by atoms with van der Waals surface area (Å²) in [6, 6.07) is 0.376. The average Bonchev–Trinajstić information content (AvgIpc) is 2.56. The van der Waals surface area contributed by atoms with Gasteiger partial charge in [0, 0.05) is 17.5 Å². The van der Waals surface area contributed by atoms with E-state index in [9.17, 15) is 0 Å². The highest BCUT2D eigenvalue weighted by Gasteiger charge is 2.10. The number of nitrogens with two attached hydrogens (primary N) is 1. The quantitative estimate of drug-likeness (QED) is 0.714. The van der Waals surface area contributed by atoms with Crippen LogP contribution in [0.1, 0.15) is 19.9 Å². The molecule has 2 rings (SSSR count). The Balaban J connectivity index is 2.84. The standard InChI is InChI=1S/C9H13N4P/c1-5(2)13-4-12-7-8(13)6(14)3-11-9(7)10/h3-5H,14H2,1-2H3,(H2,10,11). The Morgan fingerprint density at radius 1 is 1.43 bits per heavy atom. The number of aromatic nitrogens is 3. The monoisotopic (exact) mass is 208 g/mol. The Labute approximate surface area is 84.7 Å². The molecule has 2 heterocycles. The summed E-state index contributed by atoms with van der Waals surface area (Å²) in [6.07, 6.45) is 3.56. The van der Waals surface area contributed by atoms with Crippen LogP contribution in [0.4, 0.5) is 5.82 Å². The molecule has 2 N–H and O–H groups in total. The van der Waals surface area contributed by atoms with Crippen molar-refractivity contribution in [2.24, 2.45) is 0 Å². The summed E-state index contributed by atoms with van der Waals surface area (Å²) in [7, 11) is 2.66. The molecule has 0 aliphatic heterocycles. The van der Waals surface area contributed by atoms with Crippen molar-refractivity contribution in [2.45, 2.75) is 19.9 Å². The molecule has 14 heavy (non-hydrogen) atoms. The third-order valence-electron chi connectivity index (χ3n) is 2.21. The maximum Gasteiger partial charge on any atom is 0.151 e. The van der Waals surface area contributed by atoms with Crippen LogP contribution in [-0.2, 0) is 0 Å². The second kappa shape index (κ2) is 3.21. The van der Waals surface area contributed by atoms with Crippen LogP contribution in [-0.4, -0.2) is 14.5 Å². The molecule has 0 amide bonds. The zero-order chi connectivity index (χ0) is 10.3. The fourth-order valence-electron chi connectivity index (χ4n) is 1.49. The van der Waals surface area contributed by atoms with E-state index in [0.29, 0.717) is 11.9 Å². The van der Waals surface area contributed by atoms with Gasteiger partial charge in [-0.05, 0) is 13.8 Å². The molecule has 0 spiro atoms. The molecule has 5 heteroatoms. The summed E-state index contributed by atoms with van der Waals surface area (Å²) in [6.45, 7) is 4.23. The number of fused-ring (bicyclic) bond motifs is 1. The van der Waals surface area contributed by atoms with E-state index in [-0.39, 0.29) is 0 Å². The van der Waals surface area contributed by atoms with Crippen molar-refractivity contribution in [3.63, 3.8) is 0 Å². The third-order valence-corrected chi connectivity index (χ3v) is 2.63. The Morgan fingerprint density at radius 2 is 2.14 bits per heavy atom. The average molecular weight is 208 g/mol. The van der Waals surface area contributed by atoms with Gasteiger partial charge in [-0.1, -0.05) is 0 Å². The number of nitrogen functional groups attached to an aromatic ring is 1. The van der Waals surface area contributed by atoms with Crippen LogP contribution in [0.15, 0.2) is 12.5 Å². The molecule has 1 atom stereocenters. The molecule has 4 nitrogen and oxygen atoms in total. The molecular weight excluding hydrogens is 195 g/mol. The molecule has 74 valence electrons. The van der Waals surface area contributed by atoms with Crippen LogP contribution < -0.4 is 11.0 Å². The lowest BCUT2D eigenvalue weighted by molar-refractivity contribution is 0.618. The second-order valence-electron chi connectivity index (χ2n) is 3.54. The summed E-state index contributed by atoms with van der Waals surface area (Å²) in [5, 5.41) is 1.03. The SMILES string of the molecule is CC(C)n1cnc2c(N)ncc(P)c21. The van der Waals surface area contributed by atoms with Gasteiger partial charge in [-0.2, -0.15) is 0 Å². The molecule has 0 saturated heterocycles. The fourth-order valence-corrected chi connectivity index (χ4v) is 1.85. The number of anilines is 1. The highest BCUT2D eigenvalue weighted by molar-refractivity contribution is 7.28. The third kappa shape index (κ3) is 1.26. The van der Waals surface area contributed by atoms with Crippen LogP contribution in [0.5, 0.6) is 0 Å². The molecule has 0 aliphatic carbocycles. The van der Waals surface area contributed by atoms with Crippen molar-refractivity contribution in [2.75, 3.05) is 5.73 Å². The molecule has 0 aliphatic rings.